The molecule has 0 amide bonds. The maximum atomic E-state index is 12.8. The van der Waals surface area contributed by atoms with Crippen LogP contribution < -0.4 is 10.2 Å². The van der Waals surface area contributed by atoms with Crippen LogP contribution in [0.4, 0.5) is 18.3 Å². The van der Waals surface area contributed by atoms with Crippen LogP contribution in [0.25, 0.3) is 11.3 Å². The summed E-state index contributed by atoms with van der Waals surface area (Å²) in [5.74, 6) is -0.513. The van der Waals surface area contributed by atoms with Crippen molar-refractivity contribution in [2.75, 3.05) is 37.7 Å². The van der Waals surface area contributed by atoms with Gasteiger partial charge in [0.2, 0.25) is 0 Å². The Morgan fingerprint density at radius 1 is 1.27 bits per heavy atom. The number of benzene rings is 1. The van der Waals surface area contributed by atoms with Crippen LogP contribution in [0.1, 0.15) is 22.2 Å². The minimum atomic E-state index is -4.41. The van der Waals surface area contributed by atoms with Gasteiger partial charge in [0, 0.05) is 31.7 Å². The SMILES string of the molecule is CCOC(=O)c1sc(N2CCNCC2)nc1-c1ccc(C(F)(F)F)cc1. The molecule has 0 spiro atoms. The summed E-state index contributed by atoms with van der Waals surface area (Å²) in [6.07, 6.45) is -4.41. The monoisotopic (exact) mass is 385 g/mol. The topological polar surface area (TPSA) is 54.5 Å². The summed E-state index contributed by atoms with van der Waals surface area (Å²) in [6.45, 7) is 5.04. The van der Waals surface area contributed by atoms with E-state index in [-0.39, 0.29) is 6.61 Å². The number of halogens is 3. The number of hydrogen-bond donors (Lipinski definition) is 1. The average molecular weight is 385 g/mol. The number of nitrogens with one attached hydrogen (secondary N) is 1. The van der Waals surface area contributed by atoms with Crippen molar-refractivity contribution >= 4 is 22.4 Å². The fourth-order valence-corrected chi connectivity index (χ4v) is 3.68. The summed E-state index contributed by atoms with van der Waals surface area (Å²) in [5, 5.41) is 3.91. The van der Waals surface area contributed by atoms with Gasteiger partial charge in [-0.05, 0) is 19.1 Å². The fourth-order valence-electron chi connectivity index (χ4n) is 2.65. The van der Waals surface area contributed by atoms with E-state index in [2.05, 4.69) is 15.2 Å². The van der Waals surface area contributed by atoms with Crippen LogP contribution in [0.5, 0.6) is 0 Å². The third kappa shape index (κ3) is 3.99. The Bertz CT molecular complexity index is 769. The molecular formula is C17H18F3N3O2S. The summed E-state index contributed by atoms with van der Waals surface area (Å²) in [6, 6.07) is 4.66. The molecule has 0 saturated carbocycles. The Hall–Kier alpha value is -2.13. The number of esters is 1. The number of anilines is 1. The minimum Gasteiger partial charge on any atom is -0.462 e. The van der Waals surface area contributed by atoms with E-state index in [4.69, 9.17) is 4.74 Å². The Balaban J connectivity index is 1.98. The van der Waals surface area contributed by atoms with Crippen LogP contribution in [0.3, 0.4) is 0 Å². The lowest BCUT2D eigenvalue weighted by molar-refractivity contribution is -0.137. The molecule has 1 aromatic carbocycles. The van der Waals surface area contributed by atoms with Gasteiger partial charge in [0.25, 0.3) is 0 Å². The predicted octanol–water partition coefficient (Wildman–Crippen LogP) is 3.42. The number of aromatic nitrogens is 1. The first-order chi connectivity index (χ1) is 12.4. The molecule has 1 aromatic heterocycles. The molecule has 0 aliphatic carbocycles. The maximum Gasteiger partial charge on any atom is 0.416 e. The van der Waals surface area contributed by atoms with E-state index in [1.165, 1.54) is 23.5 Å². The number of thiazole rings is 1. The van der Waals surface area contributed by atoms with Crippen molar-refractivity contribution in [1.29, 1.82) is 0 Å². The van der Waals surface area contributed by atoms with E-state index in [0.29, 0.717) is 21.3 Å². The molecule has 9 heteroatoms. The summed E-state index contributed by atoms with van der Waals surface area (Å²) >= 11 is 1.21. The van der Waals surface area contributed by atoms with Crippen molar-refractivity contribution < 1.29 is 22.7 Å². The molecule has 140 valence electrons. The highest BCUT2D eigenvalue weighted by molar-refractivity contribution is 7.17. The largest absolute Gasteiger partial charge is 0.462 e. The predicted molar refractivity (Wildman–Crippen MR) is 93.6 cm³/mol. The minimum absolute atomic E-state index is 0.214. The van der Waals surface area contributed by atoms with Gasteiger partial charge in [-0.25, -0.2) is 9.78 Å². The van der Waals surface area contributed by atoms with Crippen LogP contribution in [0.15, 0.2) is 24.3 Å². The van der Waals surface area contributed by atoms with Gasteiger partial charge >= 0.3 is 12.1 Å². The van der Waals surface area contributed by atoms with Gasteiger partial charge in [-0.3, -0.25) is 0 Å². The first-order valence-electron chi connectivity index (χ1n) is 8.21. The second-order valence-electron chi connectivity index (χ2n) is 5.71. The first-order valence-corrected chi connectivity index (χ1v) is 9.03. The number of carbonyl (C=O) groups is 1. The standard InChI is InChI=1S/C17H18F3N3O2S/c1-2-25-15(24)14-13(11-3-5-12(6-4-11)17(18,19)20)22-16(26-14)23-9-7-21-8-10-23/h3-6,21H,2,7-10H2,1H3. The molecule has 0 radical (unpaired) electrons. The van der Waals surface area contributed by atoms with Crippen molar-refractivity contribution in [3.05, 3.63) is 34.7 Å². The number of hydrogen-bond acceptors (Lipinski definition) is 6. The van der Waals surface area contributed by atoms with Crippen LogP contribution >= 0.6 is 11.3 Å². The molecule has 2 heterocycles. The third-order valence-electron chi connectivity index (χ3n) is 3.95. The quantitative estimate of drug-likeness (QED) is 0.818. The van der Waals surface area contributed by atoms with E-state index >= 15 is 0 Å². The molecule has 1 fully saturated rings. The smallest absolute Gasteiger partial charge is 0.416 e. The Labute approximate surface area is 152 Å². The van der Waals surface area contributed by atoms with Gasteiger partial charge in [-0.15, -0.1) is 0 Å². The first kappa shape index (κ1) is 18.7. The molecule has 1 aliphatic heterocycles. The number of carbonyl (C=O) groups excluding carboxylic acids is 1. The molecule has 1 saturated heterocycles. The van der Waals surface area contributed by atoms with Crippen molar-refractivity contribution in [3.8, 4) is 11.3 Å². The zero-order chi connectivity index (χ0) is 18.7. The van der Waals surface area contributed by atoms with E-state index in [9.17, 15) is 18.0 Å². The second-order valence-corrected chi connectivity index (χ2v) is 6.68. The third-order valence-corrected chi connectivity index (χ3v) is 5.05. The Morgan fingerprint density at radius 3 is 2.50 bits per heavy atom. The lowest BCUT2D eigenvalue weighted by atomic mass is 10.1. The molecule has 26 heavy (non-hydrogen) atoms. The molecule has 0 bridgehead atoms. The van der Waals surface area contributed by atoms with E-state index in [1.807, 2.05) is 0 Å². The summed E-state index contributed by atoms with van der Waals surface area (Å²) in [7, 11) is 0. The molecule has 2 aromatic rings. The van der Waals surface area contributed by atoms with Crippen LogP contribution in [-0.4, -0.2) is 43.7 Å². The van der Waals surface area contributed by atoms with E-state index in [0.717, 1.165) is 38.3 Å². The van der Waals surface area contributed by atoms with Gasteiger partial charge in [-0.2, -0.15) is 13.2 Å². The van der Waals surface area contributed by atoms with Crippen LogP contribution in [0.2, 0.25) is 0 Å². The molecule has 1 aliphatic rings. The van der Waals surface area contributed by atoms with Gasteiger partial charge in [0.05, 0.1) is 17.9 Å². The van der Waals surface area contributed by atoms with Crippen LogP contribution in [-0.2, 0) is 10.9 Å². The summed E-state index contributed by atoms with van der Waals surface area (Å²) in [5.41, 5.74) is 0.0749. The van der Waals surface area contributed by atoms with Gasteiger partial charge < -0.3 is 15.0 Å². The van der Waals surface area contributed by atoms with Crippen molar-refractivity contribution in [1.82, 2.24) is 10.3 Å². The molecule has 1 N–H and O–H groups in total. The highest BCUT2D eigenvalue weighted by Gasteiger charge is 2.30. The molecule has 3 rings (SSSR count). The van der Waals surface area contributed by atoms with Gasteiger partial charge in [0.15, 0.2) is 5.13 Å². The molecule has 0 atom stereocenters. The van der Waals surface area contributed by atoms with E-state index in [1.54, 1.807) is 6.92 Å². The highest BCUT2D eigenvalue weighted by Crippen LogP contribution is 2.36. The summed E-state index contributed by atoms with van der Waals surface area (Å²) in [4.78, 5) is 19.2. The second kappa shape index (κ2) is 7.63. The fraction of sp³-hybridized carbons (Fsp3) is 0.412. The number of alkyl halides is 3. The van der Waals surface area contributed by atoms with Gasteiger partial charge in [0.1, 0.15) is 4.88 Å². The van der Waals surface area contributed by atoms with Gasteiger partial charge in [-0.1, -0.05) is 23.5 Å². The molecular weight excluding hydrogens is 367 g/mol. The molecule has 5 nitrogen and oxygen atoms in total. The van der Waals surface area contributed by atoms with Crippen molar-refractivity contribution in [3.63, 3.8) is 0 Å². The average Bonchev–Trinajstić information content (AvgIpc) is 3.07. The number of rotatable bonds is 4. The summed E-state index contributed by atoms with van der Waals surface area (Å²) < 4.78 is 43.4. The van der Waals surface area contributed by atoms with E-state index < -0.39 is 17.7 Å². The van der Waals surface area contributed by atoms with Crippen molar-refractivity contribution in [2.45, 2.75) is 13.1 Å². The number of ether oxygens (including phenoxy) is 1. The number of nitrogens with zero attached hydrogens (tertiary/aromatic N) is 2. The Morgan fingerprint density at radius 2 is 1.92 bits per heavy atom. The molecule has 0 unspecified atom stereocenters. The Kier molecular flexibility index (Phi) is 5.47. The number of piperazine rings is 1. The zero-order valence-corrected chi connectivity index (χ0v) is 14.9. The highest BCUT2D eigenvalue weighted by atomic mass is 32.1. The van der Waals surface area contributed by atoms with Crippen molar-refractivity contribution in [2.24, 2.45) is 0 Å². The zero-order valence-electron chi connectivity index (χ0n) is 14.1. The lowest BCUT2D eigenvalue weighted by Crippen LogP contribution is -2.43. The lowest BCUT2D eigenvalue weighted by Gasteiger charge is -2.26. The normalized spacial score (nSPS) is 15.2. The maximum absolute atomic E-state index is 12.8. The van der Waals surface area contributed by atoms with Crippen LogP contribution in [0, 0.1) is 0 Å².